The van der Waals surface area contributed by atoms with Gasteiger partial charge in [0, 0.05) is 12.6 Å². The van der Waals surface area contributed by atoms with Gasteiger partial charge in [-0.15, -0.1) is 6.58 Å². The highest BCUT2D eigenvalue weighted by molar-refractivity contribution is 7.89. The van der Waals surface area contributed by atoms with E-state index in [-0.39, 0.29) is 11.4 Å². The molecule has 0 unspecified atom stereocenters. The van der Waals surface area contributed by atoms with Crippen molar-refractivity contribution in [3.63, 3.8) is 0 Å². The summed E-state index contributed by atoms with van der Waals surface area (Å²) in [7, 11) is -3.87. The van der Waals surface area contributed by atoms with Crippen molar-refractivity contribution in [2.75, 3.05) is 6.54 Å². The largest absolute Gasteiger partial charge is 0.306 e. The van der Waals surface area contributed by atoms with Crippen LogP contribution >= 0.6 is 0 Å². The Bertz CT molecular complexity index is 571. The third-order valence-corrected chi connectivity index (χ3v) is 3.52. The van der Waals surface area contributed by atoms with E-state index in [0.717, 1.165) is 12.1 Å². The number of halogens is 1. The molecular formula is C10H11FN2O4S. The van der Waals surface area contributed by atoms with E-state index in [4.69, 9.17) is 0 Å². The van der Waals surface area contributed by atoms with Gasteiger partial charge in [0.25, 0.3) is 0 Å². The van der Waals surface area contributed by atoms with Gasteiger partial charge in [-0.2, -0.15) is 4.39 Å². The molecule has 8 heteroatoms. The Labute approximate surface area is 103 Å². The van der Waals surface area contributed by atoms with Crippen molar-refractivity contribution in [3.05, 3.63) is 46.8 Å². The highest BCUT2D eigenvalue weighted by Gasteiger charge is 2.20. The van der Waals surface area contributed by atoms with Crippen LogP contribution in [0.1, 0.15) is 6.42 Å². The molecule has 0 spiro atoms. The van der Waals surface area contributed by atoms with E-state index in [1.54, 1.807) is 0 Å². The molecule has 1 aromatic carbocycles. The summed E-state index contributed by atoms with van der Waals surface area (Å²) in [6.45, 7) is 3.55. The molecule has 1 rings (SSSR count). The van der Waals surface area contributed by atoms with Crippen LogP contribution in [0.5, 0.6) is 0 Å². The molecule has 0 aromatic heterocycles. The fraction of sp³-hybridized carbons (Fsp3) is 0.200. The number of hydrogen-bond donors (Lipinski definition) is 1. The van der Waals surface area contributed by atoms with Crippen LogP contribution < -0.4 is 4.72 Å². The van der Waals surface area contributed by atoms with Crippen LogP contribution in [-0.2, 0) is 10.0 Å². The summed E-state index contributed by atoms with van der Waals surface area (Å²) in [6.07, 6.45) is 1.94. The Kier molecular flexibility index (Phi) is 4.51. The van der Waals surface area contributed by atoms with Gasteiger partial charge < -0.3 is 0 Å². The third-order valence-electron chi connectivity index (χ3n) is 2.07. The van der Waals surface area contributed by atoms with Crippen LogP contribution in [0.3, 0.4) is 0 Å². The van der Waals surface area contributed by atoms with E-state index in [9.17, 15) is 22.9 Å². The minimum atomic E-state index is -3.87. The average Bonchev–Trinajstić information content (AvgIpc) is 2.29. The molecule has 98 valence electrons. The number of rotatable bonds is 6. The van der Waals surface area contributed by atoms with Gasteiger partial charge in [-0.25, -0.2) is 13.1 Å². The molecule has 0 aliphatic heterocycles. The first-order chi connectivity index (χ1) is 8.38. The lowest BCUT2D eigenvalue weighted by molar-refractivity contribution is -0.387. The van der Waals surface area contributed by atoms with Crippen LogP contribution in [0.15, 0.2) is 35.7 Å². The molecule has 0 heterocycles. The van der Waals surface area contributed by atoms with Crippen LogP contribution in [0.4, 0.5) is 10.1 Å². The fourth-order valence-electron chi connectivity index (χ4n) is 1.18. The summed E-state index contributed by atoms with van der Waals surface area (Å²) in [4.78, 5) is 9.18. The van der Waals surface area contributed by atoms with E-state index in [1.165, 1.54) is 6.08 Å². The van der Waals surface area contributed by atoms with Crippen molar-refractivity contribution >= 4 is 15.7 Å². The van der Waals surface area contributed by atoms with Crippen molar-refractivity contribution in [1.82, 2.24) is 4.72 Å². The predicted molar refractivity (Wildman–Crippen MR) is 63.1 cm³/mol. The highest BCUT2D eigenvalue weighted by atomic mass is 32.2. The van der Waals surface area contributed by atoms with Gasteiger partial charge in [0.1, 0.15) is 0 Å². The number of nitro benzene ring substituents is 1. The van der Waals surface area contributed by atoms with Gasteiger partial charge in [-0.3, -0.25) is 10.1 Å². The van der Waals surface area contributed by atoms with Crippen molar-refractivity contribution in [3.8, 4) is 0 Å². The minimum absolute atomic E-state index is 0.122. The predicted octanol–water partition coefficient (Wildman–Crippen LogP) is 1.59. The maximum Gasteiger partial charge on any atom is 0.306 e. The summed E-state index contributed by atoms with van der Waals surface area (Å²) in [5, 5.41) is 10.5. The van der Waals surface area contributed by atoms with E-state index >= 15 is 0 Å². The fourth-order valence-corrected chi connectivity index (χ4v) is 2.25. The Morgan fingerprint density at radius 3 is 2.72 bits per heavy atom. The number of hydrogen-bond acceptors (Lipinski definition) is 4. The van der Waals surface area contributed by atoms with Crippen molar-refractivity contribution < 1.29 is 17.7 Å². The number of nitro groups is 1. The quantitative estimate of drug-likeness (QED) is 0.369. The molecule has 1 aromatic rings. The lowest BCUT2D eigenvalue weighted by Gasteiger charge is -2.05. The summed E-state index contributed by atoms with van der Waals surface area (Å²) < 4.78 is 38.7. The highest BCUT2D eigenvalue weighted by Crippen LogP contribution is 2.21. The monoisotopic (exact) mass is 274 g/mol. The van der Waals surface area contributed by atoms with Gasteiger partial charge >= 0.3 is 5.69 Å². The Balaban J connectivity index is 3.06. The number of nitrogens with zero attached hydrogens (tertiary/aromatic N) is 1. The second-order valence-electron chi connectivity index (χ2n) is 3.35. The van der Waals surface area contributed by atoms with Crippen molar-refractivity contribution in [2.24, 2.45) is 0 Å². The van der Waals surface area contributed by atoms with Gasteiger partial charge in [0.05, 0.1) is 9.82 Å². The first-order valence-corrected chi connectivity index (χ1v) is 6.41. The Morgan fingerprint density at radius 2 is 2.17 bits per heavy atom. The van der Waals surface area contributed by atoms with E-state index in [2.05, 4.69) is 11.3 Å². The van der Waals surface area contributed by atoms with E-state index in [0.29, 0.717) is 12.5 Å². The first-order valence-electron chi connectivity index (χ1n) is 4.93. The molecule has 0 aliphatic rings. The topological polar surface area (TPSA) is 89.3 Å². The van der Waals surface area contributed by atoms with Gasteiger partial charge in [-0.1, -0.05) is 6.08 Å². The van der Waals surface area contributed by atoms with E-state index < -0.39 is 26.5 Å². The average molecular weight is 274 g/mol. The SMILES string of the molecule is C=CCCNS(=O)(=O)c1ccc(F)c([N+](=O)[O-])c1. The molecule has 0 fully saturated rings. The Hall–Kier alpha value is -1.80. The lowest BCUT2D eigenvalue weighted by Crippen LogP contribution is -2.24. The lowest BCUT2D eigenvalue weighted by atomic mass is 10.3. The van der Waals surface area contributed by atoms with Gasteiger partial charge in [-0.05, 0) is 18.6 Å². The normalized spacial score (nSPS) is 11.2. The summed E-state index contributed by atoms with van der Waals surface area (Å²) in [6, 6.07) is 2.41. The van der Waals surface area contributed by atoms with Crippen molar-refractivity contribution in [2.45, 2.75) is 11.3 Å². The molecule has 0 radical (unpaired) electrons. The van der Waals surface area contributed by atoms with Crippen LogP contribution in [0.2, 0.25) is 0 Å². The molecular weight excluding hydrogens is 263 g/mol. The zero-order valence-corrected chi connectivity index (χ0v) is 10.1. The molecule has 0 atom stereocenters. The maximum absolute atomic E-state index is 13.0. The smallest absolute Gasteiger partial charge is 0.258 e. The van der Waals surface area contributed by atoms with Crippen LogP contribution in [-0.4, -0.2) is 19.9 Å². The second kappa shape index (κ2) is 5.69. The van der Waals surface area contributed by atoms with Gasteiger partial charge in [0.2, 0.25) is 15.8 Å². The standard InChI is InChI=1S/C10H11FN2O4S/c1-2-3-6-12-18(16,17)8-4-5-9(11)10(7-8)13(14)15/h2,4-5,7,12H,1,3,6H2. The van der Waals surface area contributed by atoms with Crippen LogP contribution in [0.25, 0.3) is 0 Å². The first kappa shape index (κ1) is 14.3. The zero-order valence-electron chi connectivity index (χ0n) is 9.30. The Morgan fingerprint density at radius 1 is 1.50 bits per heavy atom. The molecule has 1 N–H and O–H groups in total. The number of nitrogens with one attached hydrogen (secondary N) is 1. The second-order valence-corrected chi connectivity index (χ2v) is 5.11. The zero-order chi connectivity index (χ0) is 13.8. The molecule has 0 bridgehead atoms. The molecule has 0 saturated carbocycles. The molecule has 6 nitrogen and oxygen atoms in total. The summed E-state index contributed by atoms with van der Waals surface area (Å²) in [5.41, 5.74) is -0.874. The third kappa shape index (κ3) is 3.34. The minimum Gasteiger partial charge on any atom is -0.258 e. The number of benzene rings is 1. The molecule has 0 amide bonds. The molecule has 18 heavy (non-hydrogen) atoms. The summed E-state index contributed by atoms with van der Waals surface area (Å²) >= 11 is 0. The maximum atomic E-state index is 13.0. The van der Waals surface area contributed by atoms with Crippen molar-refractivity contribution in [1.29, 1.82) is 0 Å². The van der Waals surface area contributed by atoms with E-state index in [1.807, 2.05) is 0 Å². The number of sulfonamides is 1. The molecule has 0 saturated heterocycles. The summed E-state index contributed by atoms with van der Waals surface area (Å²) in [5.74, 6) is -1.08. The van der Waals surface area contributed by atoms with Crippen LogP contribution in [0, 0.1) is 15.9 Å². The van der Waals surface area contributed by atoms with Gasteiger partial charge in [0.15, 0.2) is 0 Å². The molecule has 0 aliphatic carbocycles.